The van der Waals surface area contributed by atoms with Crippen LogP contribution in [0.3, 0.4) is 0 Å². The third kappa shape index (κ3) is 7.05. The molecule has 184 valence electrons. The molecule has 2 aromatic carbocycles. The van der Waals surface area contributed by atoms with E-state index in [1.54, 1.807) is 19.1 Å². The zero-order valence-corrected chi connectivity index (χ0v) is 20.8. The molecule has 0 saturated heterocycles. The topological polar surface area (TPSA) is 58.6 Å². The molecule has 34 heavy (non-hydrogen) atoms. The summed E-state index contributed by atoms with van der Waals surface area (Å²) >= 11 is 0. The van der Waals surface area contributed by atoms with Gasteiger partial charge in [-0.1, -0.05) is 70.4 Å². The summed E-state index contributed by atoms with van der Waals surface area (Å²) in [4.78, 5) is 27.9. The fourth-order valence-corrected chi connectivity index (χ4v) is 4.37. The summed E-state index contributed by atoms with van der Waals surface area (Å²) in [5.41, 5.74) is 1.62. The Labute approximate surface area is 202 Å². The van der Waals surface area contributed by atoms with E-state index in [9.17, 15) is 14.0 Å². The average molecular weight is 469 g/mol. The second-order valence-electron chi connectivity index (χ2n) is 10.2. The molecule has 0 radical (unpaired) electrons. The number of carbonyl (C=O) groups is 2. The largest absolute Gasteiger partial charge is 0.483 e. The molecule has 1 fully saturated rings. The van der Waals surface area contributed by atoms with Crippen LogP contribution in [0.1, 0.15) is 70.9 Å². The highest BCUT2D eigenvalue weighted by molar-refractivity contribution is 5.88. The van der Waals surface area contributed by atoms with Crippen molar-refractivity contribution in [1.82, 2.24) is 10.2 Å². The molecular weight excluding hydrogens is 431 g/mol. The van der Waals surface area contributed by atoms with Gasteiger partial charge in [0.15, 0.2) is 6.61 Å². The predicted molar refractivity (Wildman–Crippen MR) is 132 cm³/mol. The van der Waals surface area contributed by atoms with Gasteiger partial charge in [0.1, 0.15) is 17.6 Å². The van der Waals surface area contributed by atoms with Gasteiger partial charge in [-0.3, -0.25) is 9.59 Å². The Morgan fingerprint density at radius 1 is 1.06 bits per heavy atom. The van der Waals surface area contributed by atoms with Gasteiger partial charge in [-0.15, -0.1) is 0 Å². The number of hydrogen-bond donors (Lipinski definition) is 1. The normalized spacial score (nSPS) is 15.4. The summed E-state index contributed by atoms with van der Waals surface area (Å²) in [6.07, 6.45) is 5.36. The van der Waals surface area contributed by atoms with E-state index in [2.05, 4.69) is 26.1 Å². The van der Waals surface area contributed by atoms with Crippen molar-refractivity contribution in [2.75, 3.05) is 6.61 Å². The van der Waals surface area contributed by atoms with Crippen molar-refractivity contribution < 1.29 is 18.7 Å². The molecule has 0 bridgehead atoms. The summed E-state index contributed by atoms with van der Waals surface area (Å²) in [6, 6.07) is 13.2. The van der Waals surface area contributed by atoms with Crippen LogP contribution in [0.5, 0.6) is 5.75 Å². The molecule has 1 saturated carbocycles. The molecule has 1 N–H and O–H groups in total. The summed E-state index contributed by atoms with van der Waals surface area (Å²) < 4.78 is 19.4. The van der Waals surface area contributed by atoms with Gasteiger partial charge in [0.2, 0.25) is 5.91 Å². The molecular formula is C28H37FN2O3. The molecule has 3 rings (SSSR count). The average Bonchev–Trinajstić information content (AvgIpc) is 2.82. The Kier molecular flexibility index (Phi) is 8.70. The van der Waals surface area contributed by atoms with Crippen molar-refractivity contribution in [3.8, 4) is 5.75 Å². The highest BCUT2D eigenvalue weighted by atomic mass is 19.1. The van der Waals surface area contributed by atoms with Crippen molar-refractivity contribution >= 4 is 11.8 Å². The Bertz CT molecular complexity index is 962. The van der Waals surface area contributed by atoms with Crippen LogP contribution >= 0.6 is 0 Å². The van der Waals surface area contributed by atoms with Crippen LogP contribution in [0.15, 0.2) is 48.5 Å². The molecule has 1 aliphatic carbocycles. The Hall–Kier alpha value is -2.89. The number of amides is 2. The van der Waals surface area contributed by atoms with Crippen molar-refractivity contribution in [1.29, 1.82) is 0 Å². The Morgan fingerprint density at radius 3 is 2.35 bits per heavy atom. The monoisotopic (exact) mass is 468 g/mol. The molecule has 5 nitrogen and oxygen atoms in total. The van der Waals surface area contributed by atoms with E-state index in [1.807, 2.05) is 24.3 Å². The third-order valence-electron chi connectivity index (χ3n) is 6.43. The molecule has 1 aliphatic rings. The van der Waals surface area contributed by atoms with E-state index in [0.29, 0.717) is 5.75 Å². The van der Waals surface area contributed by atoms with Crippen LogP contribution in [0.2, 0.25) is 0 Å². The molecule has 0 heterocycles. The fourth-order valence-electron chi connectivity index (χ4n) is 4.37. The maximum absolute atomic E-state index is 13.4. The van der Waals surface area contributed by atoms with E-state index in [0.717, 1.165) is 36.8 Å². The van der Waals surface area contributed by atoms with Gasteiger partial charge in [0.25, 0.3) is 5.91 Å². The van der Waals surface area contributed by atoms with Gasteiger partial charge in [-0.2, -0.15) is 0 Å². The number of halogens is 1. The van der Waals surface area contributed by atoms with E-state index in [-0.39, 0.29) is 42.2 Å². The number of ether oxygens (including phenoxy) is 1. The number of rotatable bonds is 8. The number of hydrogen-bond acceptors (Lipinski definition) is 3. The van der Waals surface area contributed by atoms with E-state index in [4.69, 9.17) is 4.74 Å². The molecule has 0 unspecified atom stereocenters. The Morgan fingerprint density at radius 2 is 1.71 bits per heavy atom. The quantitative estimate of drug-likeness (QED) is 0.567. The molecule has 0 aliphatic heterocycles. The van der Waals surface area contributed by atoms with Crippen molar-refractivity contribution in [2.45, 2.75) is 83.8 Å². The third-order valence-corrected chi connectivity index (χ3v) is 6.43. The predicted octanol–water partition coefficient (Wildman–Crippen LogP) is 5.37. The van der Waals surface area contributed by atoms with Crippen molar-refractivity contribution in [2.24, 2.45) is 0 Å². The molecule has 2 amide bonds. The first kappa shape index (κ1) is 25.7. The summed E-state index contributed by atoms with van der Waals surface area (Å²) in [6.45, 7) is 8.03. The lowest BCUT2D eigenvalue weighted by Gasteiger charge is -2.31. The van der Waals surface area contributed by atoms with Gasteiger partial charge in [-0.25, -0.2) is 4.39 Å². The molecule has 2 aromatic rings. The second kappa shape index (κ2) is 11.5. The van der Waals surface area contributed by atoms with Gasteiger partial charge in [-0.05, 0) is 54.5 Å². The highest BCUT2D eigenvalue weighted by Crippen LogP contribution is 2.31. The first-order valence-corrected chi connectivity index (χ1v) is 12.2. The van der Waals surface area contributed by atoms with Crippen molar-refractivity contribution in [3.63, 3.8) is 0 Å². The fraction of sp³-hybridized carbons (Fsp3) is 0.500. The smallest absolute Gasteiger partial charge is 0.261 e. The van der Waals surface area contributed by atoms with Gasteiger partial charge < -0.3 is 15.0 Å². The summed E-state index contributed by atoms with van der Waals surface area (Å²) in [5.74, 6) is -0.145. The van der Waals surface area contributed by atoms with Gasteiger partial charge in [0, 0.05) is 12.6 Å². The summed E-state index contributed by atoms with van der Waals surface area (Å²) in [7, 11) is 0. The van der Waals surface area contributed by atoms with Crippen LogP contribution < -0.4 is 10.1 Å². The minimum atomic E-state index is -0.680. The number of nitrogens with zero attached hydrogens (tertiary/aromatic N) is 1. The van der Waals surface area contributed by atoms with E-state index >= 15 is 0 Å². The number of benzene rings is 2. The van der Waals surface area contributed by atoms with Crippen LogP contribution in [0, 0.1) is 5.82 Å². The lowest BCUT2D eigenvalue weighted by Crippen LogP contribution is -2.51. The minimum Gasteiger partial charge on any atom is -0.483 e. The van der Waals surface area contributed by atoms with E-state index < -0.39 is 6.04 Å². The first-order valence-electron chi connectivity index (χ1n) is 12.2. The van der Waals surface area contributed by atoms with E-state index in [1.165, 1.54) is 23.5 Å². The number of para-hydroxylation sites is 1. The molecule has 0 spiro atoms. The SMILES string of the molecule is C[C@@H](C(=O)NC1CCCCC1)N(Cc1ccc(F)cc1)C(=O)COc1ccccc1C(C)(C)C. The highest BCUT2D eigenvalue weighted by Gasteiger charge is 2.29. The molecule has 0 aromatic heterocycles. The van der Waals surface area contributed by atoms with Gasteiger partial charge >= 0.3 is 0 Å². The number of carbonyl (C=O) groups excluding carboxylic acids is 2. The zero-order valence-electron chi connectivity index (χ0n) is 20.8. The molecule has 6 heteroatoms. The van der Waals surface area contributed by atoms with Crippen LogP contribution in [-0.2, 0) is 21.5 Å². The maximum atomic E-state index is 13.4. The second-order valence-corrected chi connectivity index (χ2v) is 10.2. The van der Waals surface area contributed by atoms with Gasteiger partial charge in [0.05, 0.1) is 0 Å². The molecule has 1 atom stereocenters. The maximum Gasteiger partial charge on any atom is 0.261 e. The lowest BCUT2D eigenvalue weighted by atomic mass is 9.86. The minimum absolute atomic E-state index is 0.138. The number of nitrogens with one attached hydrogen (secondary N) is 1. The van der Waals surface area contributed by atoms with Crippen LogP contribution in [0.4, 0.5) is 4.39 Å². The first-order chi connectivity index (χ1) is 16.1. The lowest BCUT2D eigenvalue weighted by molar-refractivity contribution is -0.142. The Balaban J connectivity index is 1.75. The van der Waals surface area contributed by atoms with Crippen LogP contribution in [-0.4, -0.2) is 35.4 Å². The standard InChI is InChI=1S/C28H37FN2O3/c1-20(27(33)30-23-10-6-5-7-11-23)31(18-21-14-16-22(29)17-15-21)26(32)19-34-25-13-9-8-12-24(25)28(2,3)4/h8-9,12-17,20,23H,5-7,10-11,18-19H2,1-4H3,(H,30,33)/t20-/m0/s1. The zero-order chi connectivity index (χ0) is 24.7. The van der Waals surface area contributed by atoms with Crippen LogP contribution in [0.25, 0.3) is 0 Å². The van der Waals surface area contributed by atoms with Crippen molar-refractivity contribution in [3.05, 3.63) is 65.5 Å². The summed E-state index contributed by atoms with van der Waals surface area (Å²) in [5, 5.41) is 3.12.